The highest BCUT2D eigenvalue weighted by molar-refractivity contribution is 6.03. The van der Waals surface area contributed by atoms with Crippen molar-refractivity contribution in [3.8, 4) is 11.3 Å². The molecule has 0 atom stereocenters. The van der Waals surface area contributed by atoms with Crippen molar-refractivity contribution in [3.63, 3.8) is 0 Å². The molecule has 3 aromatic rings. The average molecular weight is 428 g/mol. The molecule has 0 saturated heterocycles. The molecule has 0 aliphatic heterocycles. The van der Waals surface area contributed by atoms with Crippen molar-refractivity contribution >= 4 is 23.2 Å². The summed E-state index contributed by atoms with van der Waals surface area (Å²) in [6.45, 7) is 0. The molecule has 10 heteroatoms. The van der Waals surface area contributed by atoms with Gasteiger partial charge in [-0.1, -0.05) is 0 Å². The molecular weight excluding hydrogens is 409 g/mol. The number of anilines is 3. The lowest BCUT2D eigenvalue weighted by Crippen LogP contribution is -2.47. The first-order chi connectivity index (χ1) is 14.8. The number of nitrogens with two attached hydrogens (primary N) is 1. The van der Waals surface area contributed by atoms with Crippen LogP contribution in [-0.2, 0) is 6.18 Å². The van der Waals surface area contributed by atoms with Crippen LogP contribution < -0.4 is 16.0 Å². The van der Waals surface area contributed by atoms with E-state index in [-0.39, 0.29) is 28.8 Å². The van der Waals surface area contributed by atoms with Gasteiger partial charge in [-0.25, -0.2) is 9.78 Å². The van der Waals surface area contributed by atoms with Crippen LogP contribution in [0.2, 0.25) is 0 Å². The molecule has 3 aromatic heterocycles. The highest BCUT2D eigenvalue weighted by Gasteiger charge is 2.33. The first-order valence-electron chi connectivity index (χ1n) is 9.62. The molecule has 31 heavy (non-hydrogen) atoms. The average Bonchev–Trinajstić information content (AvgIpc) is 2.71. The van der Waals surface area contributed by atoms with Gasteiger partial charge in [-0.2, -0.15) is 13.2 Å². The Morgan fingerprint density at radius 1 is 1.13 bits per heavy atom. The Labute approximate surface area is 176 Å². The van der Waals surface area contributed by atoms with E-state index in [2.05, 4.69) is 20.3 Å². The first-order valence-corrected chi connectivity index (χ1v) is 9.62. The van der Waals surface area contributed by atoms with Crippen molar-refractivity contribution in [1.82, 2.24) is 15.0 Å². The zero-order valence-electron chi connectivity index (χ0n) is 16.3. The molecule has 1 saturated carbocycles. The van der Waals surface area contributed by atoms with Gasteiger partial charge in [0, 0.05) is 30.2 Å². The maximum absolute atomic E-state index is 13.1. The van der Waals surface area contributed by atoms with Gasteiger partial charge in [0.25, 0.3) is 0 Å². The van der Waals surface area contributed by atoms with Crippen LogP contribution in [-0.4, -0.2) is 27.0 Å². The number of amides is 2. The van der Waals surface area contributed by atoms with Crippen molar-refractivity contribution in [1.29, 1.82) is 0 Å². The van der Waals surface area contributed by atoms with E-state index >= 15 is 0 Å². The SMILES string of the molecule is Nc1ccc(-c2cncc(C(F)(F)F)c2)nc1N(C(=O)Nc1cccnc1)C1CCC1. The number of hydrogen-bond acceptors (Lipinski definition) is 5. The van der Waals surface area contributed by atoms with Gasteiger partial charge in [-0.05, 0) is 49.6 Å². The van der Waals surface area contributed by atoms with Crippen LogP contribution in [0.1, 0.15) is 24.8 Å². The molecule has 0 spiro atoms. The smallest absolute Gasteiger partial charge is 0.396 e. The number of hydrogen-bond donors (Lipinski definition) is 2. The number of aromatic nitrogens is 3. The number of rotatable bonds is 4. The van der Waals surface area contributed by atoms with E-state index < -0.39 is 17.8 Å². The standard InChI is InChI=1S/C21H19F3N6O/c22-21(23,24)14-9-13(10-27-11-14)18-7-6-17(25)19(29-18)30(16-4-1-5-16)20(31)28-15-3-2-8-26-12-15/h2-3,6-12,16H,1,4-5,25H2,(H,28,31). The lowest BCUT2D eigenvalue weighted by molar-refractivity contribution is -0.137. The molecule has 0 bridgehead atoms. The van der Waals surface area contributed by atoms with Crippen molar-refractivity contribution in [2.75, 3.05) is 16.0 Å². The quantitative estimate of drug-likeness (QED) is 0.626. The van der Waals surface area contributed by atoms with Crippen molar-refractivity contribution in [3.05, 3.63) is 60.7 Å². The molecule has 3 heterocycles. The first kappa shape index (κ1) is 20.6. The minimum atomic E-state index is -4.53. The number of urea groups is 1. The molecule has 1 aliphatic carbocycles. The Morgan fingerprint density at radius 2 is 1.94 bits per heavy atom. The van der Waals surface area contributed by atoms with Gasteiger partial charge in [0.05, 0.1) is 28.8 Å². The maximum Gasteiger partial charge on any atom is 0.417 e. The highest BCUT2D eigenvalue weighted by atomic mass is 19.4. The third kappa shape index (κ3) is 4.42. The summed E-state index contributed by atoms with van der Waals surface area (Å²) >= 11 is 0. The molecule has 7 nitrogen and oxygen atoms in total. The highest BCUT2D eigenvalue weighted by Crippen LogP contribution is 2.35. The molecule has 1 aliphatic rings. The van der Waals surface area contributed by atoms with E-state index in [4.69, 9.17) is 5.73 Å². The number of pyridine rings is 3. The fourth-order valence-electron chi connectivity index (χ4n) is 3.25. The second-order valence-electron chi connectivity index (χ2n) is 7.20. The third-order valence-corrected chi connectivity index (χ3v) is 5.07. The Bertz CT molecular complexity index is 1090. The van der Waals surface area contributed by atoms with Gasteiger partial charge in [-0.15, -0.1) is 0 Å². The van der Waals surface area contributed by atoms with E-state index in [1.165, 1.54) is 29.4 Å². The monoisotopic (exact) mass is 428 g/mol. The predicted octanol–water partition coefficient (Wildman–Crippen LogP) is 4.73. The van der Waals surface area contributed by atoms with E-state index in [0.717, 1.165) is 31.5 Å². The van der Waals surface area contributed by atoms with Crippen molar-refractivity contribution < 1.29 is 18.0 Å². The fourth-order valence-corrected chi connectivity index (χ4v) is 3.25. The van der Waals surface area contributed by atoms with Crippen LogP contribution in [0.15, 0.2) is 55.1 Å². The molecule has 2 amide bonds. The molecule has 1 fully saturated rings. The van der Waals surface area contributed by atoms with Crippen molar-refractivity contribution in [2.24, 2.45) is 0 Å². The number of halogens is 3. The molecule has 0 radical (unpaired) electrons. The van der Waals surface area contributed by atoms with E-state index in [0.29, 0.717) is 5.69 Å². The van der Waals surface area contributed by atoms with E-state index in [9.17, 15) is 18.0 Å². The fraction of sp³-hybridized carbons (Fsp3) is 0.238. The maximum atomic E-state index is 13.1. The number of alkyl halides is 3. The minimum Gasteiger partial charge on any atom is -0.396 e. The van der Waals surface area contributed by atoms with Gasteiger partial charge in [0.1, 0.15) is 0 Å². The number of nitrogens with zero attached hydrogens (tertiary/aromatic N) is 4. The molecular formula is C21H19F3N6O. The summed E-state index contributed by atoms with van der Waals surface area (Å²) in [5, 5.41) is 2.77. The Hall–Kier alpha value is -3.69. The summed E-state index contributed by atoms with van der Waals surface area (Å²) in [5.74, 6) is 0.195. The molecule has 160 valence electrons. The molecule has 3 N–H and O–H groups in total. The minimum absolute atomic E-state index is 0.110. The molecule has 4 rings (SSSR count). The van der Waals surface area contributed by atoms with Gasteiger partial charge in [0.15, 0.2) is 5.82 Å². The lowest BCUT2D eigenvalue weighted by atomic mass is 9.91. The number of nitrogens with one attached hydrogen (secondary N) is 1. The van der Waals surface area contributed by atoms with Crippen LogP contribution in [0.25, 0.3) is 11.3 Å². The van der Waals surface area contributed by atoms with Crippen LogP contribution in [0, 0.1) is 0 Å². The normalized spacial score (nSPS) is 14.0. The van der Waals surface area contributed by atoms with Crippen LogP contribution in [0.4, 0.5) is 35.2 Å². The second-order valence-corrected chi connectivity index (χ2v) is 7.20. The van der Waals surface area contributed by atoms with E-state index in [1.54, 1.807) is 18.3 Å². The zero-order valence-corrected chi connectivity index (χ0v) is 16.3. The lowest BCUT2D eigenvalue weighted by Gasteiger charge is -2.37. The van der Waals surface area contributed by atoms with Crippen LogP contribution >= 0.6 is 0 Å². The van der Waals surface area contributed by atoms with Crippen LogP contribution in [0.3, 0.4) is 0 Å². The number of nitrogen functional groups attached to an aromatic ring is 1. The topological polar surface area (TPSA) is 97.0 Å². The largest absolute Gasteiger partial charge is 0.417 e. The summed E-state index contributed by atoms with van der Waals surface area (Å²) in [5.41, 5.74) is 6.41. The molecule has 0 unspecified atom stereocenters. The molecule has 0 aromatic carbocycles. The van der Waals surface area contributed by atoms with E-state index in [1.807, 2.05) is 0 Å². The summed E-state index contributed by atoms with van der Waals surface area (Å²) in [7, 11) is 0. The predicted molar refractivity (Wildman–Crippen MR) is 110 cm³/mol. The Morgan fingerprint density at radius 3 is 2.58 bits per heavy atom. The van der Waals surface area contributed by atoms with Crippen LogP contribution in [0.5, 0.6) is 0 Å². The third-order valence-electron chi connectivity index (χ3n) is 5.07. The van der Waals surface area contributed by atoms with Gasteiger partial charge in [0.2, 0.25) is 0 Å². The van der Waals surface area contributed by atoms with Gasteiger partial charge >= 0.3 is 12.2 Å². The summed E-state index contributed by atoms with van der Waals surface area (Å²) in [4.78, 5) is 26.6. The Balaban J connectivity index is 1.70. The number of carbonyl (C=O) groups excluding carboxylic acids is 1. The second kappa shape index (κ2) is 8.21. The van der Waals surface area contributed by atoms with Gasteiger partial charge in [-0.3, -0.25) is 14.9 Å². The Kier molecular flexibility index (Phi) is 5.45. The van der Waals surface area contributed by atoms with Crippen molar-refractivity contribution in [2.45, 2.75) is 31.5 Å². The summed E-state index contributed by atoms with van der Waals surface area (Å²) < 4.78 is 39.2. The summed E-state index contributed by atoms with van der Waals surface area (Å²) in [6.07, 6.45) is 3.13. The zero-order chi connectivity index (χ0) is 22.0. The number of carbonyl (C=O) groups is 1. The van der Waals surface area contributed by atoms with Gasteiger partial charge < -0.3 is 11.1 Å². The summed E-state index contributed by atoms with van der Waals surface area (Å²) in [6, 6.07) is 6.86.